The largest absolute Gasteiger partial charge is 0.411 e. The molecule has 0 aliphatic rings. The smallest absolute Gasteiger partial charge is 0.169 e. The van der Waals surface area contributed by atoms with Crippen molar-refractivity contribution in [1.29, 1.82) is 0 Å². The van der Waals surface area contributed by atoms with E-state index in [2.05, 4.69) is 0 Å². The lowest BCUT2D eigenvalue weighted by Gasteiger charge is -2.38. The van der Waals surface area contributed by atoms with Crippen LogP contribution >= 0.6 is 0 Å². The molecule has 0 radical (unpaired) electrons. The maximum absolute atomic E-state index is 13.8. The highest BCUT2D eigenvalue weighted by Gasteiger charge is 2.72. The van der Waals surface area contributed by atoms with Crippen molar-refractivity contribution in [2.24, 2.45) is 0 Å². The molecule has 0 unspecified atom stereocenters. The number of rotatable bonds is 2. The van der Waals surface area contributed by atoms with E-state index in [-0.39, 0.29) is 0 Å². The molecule has 0 spiro atoms. The first-order chi connectivity index (χ1) is 10.5. The first kappa shape index (κ1) is 17.4. The van der Waals surface area contributed by atoms with Crippen molar-refractivity contribution in [3.05, 3.63) is 70.8 Å². The van der Waals surface area contributed by atoms with Crippen molar-refractivity contribution in [2.75, 3.05) is 0 Å². The zero-order chi connectivity index (χ0) is 17.5. The van der Waals surface area contributed by atoms with E-state index in [1.165, 1.54) is 38.1 Å². The van der Waals surface area contributed by atoms with Crippen LogP contribution in [0.5, 0.6) is 0 Å². The van der Waals surface area contributed by atoms with Crippen LogP contribution in [0.3, 0.4) is 0 Å². The predicted molar refractivity (Wildman–Crippen MR) is 75.2 cm³/mol. The molecule has 0 nitrogen and oxygen atoms in total. The molecule has 124 valence electrons. The summed E-state index contributed by atoms with van der Waals surface area (Å²) in [5.41, 5.74) is -5.04. The van der Waals surface area contributed by atoms with Gasteiger partial charge in [-0.25, -0.2) is 0 Å². The molecule has 6 heteroatoms. The molecule has 0 aliphatic carbocycles. The SMILES string of the molecule is Cc1cc(C)cc(C(c2ccccc2)(C(F)(F)F)C(F)(F)F)c1. The molecule has 0 amide bonds. The van der Waals surface area contributed by atoms with Crippen molar-refractivity contribution in [3.8, 4) is 0 Å². The summed E-state index contributed by atoms with van der Waals surface area (Å²) in [6, 6.07) is 8.86. The Bertz CT molecular complexity index is 648. The highest BCUT2D eigenvalue weighted by molar-refractivity contribution is 5.46. The first-order valence-corrected chi connectivity index (χ1v) is 6.78. The lowest BCUT2D eigenvalue weighted by Crippen LogP contribution is -2.54. The van der Waals surface area contributed by atoms with Crippen molar-refractivity contribution < 1.29 is 26.3 Å². The van der Waals surface area contributed by atoms with E-state index in [1.807, 2.05) is 0 Å². The summed E-state index contributed by atoms with van der Waals surface area (Å²) in [5.74, 6) is 0. The van der Waals surface area contributed by atoms with Crippen LogP contribution < -0.4 is 0 Å². The number of halogens is 6. The maximum Gasteiger partial charge on any atom is 0.411 e. The molecule has 2 rings (SSSR count). The highest BCUT2D eigenvalue weighted by Crippen LogP contribution is 2.56. The lowest BCUT2D eigenvalue weighted by atomic mass is 9.72. The summed E-state index contributed by atoms with van der Waals surface area (Å²) in [4.78, 5) is 0. The van der Waals surface area contributed by atoms with Gasteiger partial charge in [-0.1, -0.05) is 59.7 Å². The molecular weight excluding hydrogens is 318 g/mol. The standard InChI is InChI=1S/C17H14F6/c1-11-8-12(2)10-14(9-11)15(16(18,19)20,17(21,22)23)13-6-4-3-5-7-13/h3-10H,1-2H3. The summed E-state index contributed by atoms with van der Waals surface area (Å²) < 4.78 is 82.7. The molecule has 0 aliphatic heterocycles. The molecule has 0 bridgehead atoms. The summed E-state index contributed by atoms with van der Waals surface area (Å²) in [6.45, 7) is 2.94. The van der Waals surface area contributed by atoms with Gasteiger partial charge >= 0.3 is 12.4 Å². The Morgan fingerprint density at radius 2 is 1.04 bits per heavy atom. The van der Waals surface area contributed by atoms with E-state index >= 15 is 0 Å². The third kappa shape index (κ3) is 2.82. The Kier molecular flexibility index (Phi) is 4.22. The average molecular weight is 332 g/mol. The lowest BCUT2D eigenvalue weighted by molar-refractivity contribution is -0.288. The minimum absolute atomic E-state index is 0.341. The summed E-state index contributed by atoms with van der Waals surface area (Å²) in [7, 11) is 0. The fourth-order valence-corrected chi connectivity index (χ4v) is 2.86. The molecule has 2 aromatic rings. The van der Waals surface area contributed by atoms with Gasteiger partial charge in [0, 0.05) is 0 Å². The minimum atomic E-state index is -5.53. The van der Waals surface area contributed by atoms with E-state index < -0.39 is 28.9 Å². The molecule has 2 aromatic carbocycles. The Balaban J connectivity index is 2.94. The molecule has 0 aromatic heterocycles. The summed E-state index contributed by atoms with van der Waals surface area (Å²) in [5, 5.41) is 0. The molecule has 0 N–H and O–H groups in total. The quantitative estimate of drug-likeness (QED) is 0.618. The second-order valence-corrected chi connectivity index (χ2v) is 5.49. The van der Waals surface area contributed by atoms with Gasteiger partial charge in [-0.05, 0) is 25.0 Å². The number of hydrogen-bond donors (Lipinski definition) is 0. The van der Waals surface area contributed by atoms with E-state index in [0.29, 0.717) is 11.1 Å². The van der Waals surface area contributed by atoms with Gasteiger partial charge in [-0.2, -0.15) is 26.3 Å². The van der Waals surface area contributed by atoms with Crippen LogP contribution in [-0.4, -0.2) is 12.4 Å². The molecular formula is C17H14F6. The van der Waals surface area contributed by atoms with Gasteiger partial charge < -0.3 is 0 Å². The average Bonchev–Trinajstić information content (AvgIpc) is 2.35. The van der Waals surface area contributed by atoms with Gasteiger partial charge in [-0.3, -0.25) is 0 Å². The van der Waals surface area contributed by atoms with Crippen molar-refractivity contribution in [1.82, 2.24) is 0 Å². The molecule has 0 saturated heterocycles. The molecule has 23 heavy (non-hydrogen) atoms. The van der Waals surface area contributed by atoms with Crippen molar-refractivity contribution in [3.63, 3.8) is 0 Å². The minimum Gasteiger partial charge on any atom is -0.169 e. The first-order valence-electron chi connectivity index (χ1n) is 6.78. The van der Waals surface area contributed by atoms with Crippen LogP contribution in [0.25, 0.3) is 0 Å². The summed E-state index contributed by atoms with van der Waals surface area (Å²) >= 11 is 0. The van der Waals surface area contributed by atoms with Gasteiger partial charge in [-0.15, -0.1) is 0 Å². The third-order valence-corrected chi connectivity index (χ3v) is 3.71. The van der Waals surface area contributed by atoms with E-state index in [4.69, 9.17) is 0 Å². The molecule has 0 heterocycles. The van der Waals surface area contributed by atoms with Crippen LogP contribution in [-0.2, 0) is 5.41 Å². The van der Waals surface area contributed by atoms with Gasteiger partial charge in [0.05, 0.1) is 0 Å². The Morgan fingerprint density at radius 1 is 0.609 bits per heavy atom. The Labute approximate surface area is 129 Å². The van der Waals surface area contributed by atoms with Gasteiger partial charge in [0.2, 0.25) is 5.41 Å². The van der Waals surface area contributed by atoms with Crippen LogP contribution in [0.4, 0.5) is 26.3 Å². The van der Waals surface area contributed by atoms with Gasteiger partial charge in [0.25, 0.3) is 0 Å². The fourth-order valence-electron chi connectivity index (χ4n) is 2.86. The van der Waals surface area contributed by atoms with E-state index in [9.17, 15) is 26.3 Å². The maximum atomic E-state index is 13.8. The summed E-state index contributed by atoms with van der Waals surface area (Å²) in [6.07, 6.45) is -11.1. The van der Waals surface area contributed by atoms with E-state index in [0.717, 1.165) is 24.3 Å². The van der Waals surface area contributed by atoms with Crippen LogP contribution in [0, 0.1) is 13.8 Å². The van der Waals surface area contributed by atoms with Crippen molar-refractivity contribution in [2.45, 2.75) is 31.6 Å². The normalized spacial score (nSPS) is 13.2. The number of benzene rings is 2. The van der Waals surface area contributed by atoms with Crippen LogP contribution in [0.1, 0.15) is 22.3 Å². The van der Waals surface area contributed by atoms with Crippen LogP contribution in [0.15, 0.2) is 48.5 Å². The number of hydrogen-bond acceptors (Lipinski definition) is 0. The molecule has 0 fully saturated rings. The monoisotopic (exact) mass is 332 g/mol. The second kappa shape index (κ2) is 5.58. The zero-order valence-electron chi connectivity index (χ0n) is 12.4. The van der Waals surface area contributed by atoms with Crippen LogP contribution in [0.2, 0.25) is 0 Å². The third-order valence-electron chi connectivity index (χ3n) is 3.71. The number of aryl methyl sites for hydroxylation is 2. The highest BCUT2D eigenvalue weighted by atomic mass is 19.4. The Hall–Kier alpha value is -1.98. The van der Waals surface area contributed by atoms with Crippen molar-refractivity contribution >= 4 is 0 Å². The number of alkyl halides is 6. The molecule has 0 saturated carbocycles. The van der Waals surface area contributed by atoms with Gasteiger partial charge in [0.1, 0.15) is 0 Å². The fraction of sp³-hybridized carbons (Fsp3) is 0.294. The Morgan fingerprint density at radius 3 is 1.43 bits per heavy atom. The molecule has 0 atom stereocenters. The topological polar surface area (TPSA) is 0 Å². The second-order valence-electron chi connectivity index (χ2n) is 5.49. The van der Waals surface area contributed by atoms with Gasteiger partial charge in [0.15, 0.2) is 0 Å². The predicted octanol–water partition coefficient (Wildman–Crippen LogP) is 5.71. The zero-order valence-corrected chi connectivity index (χ0v) is 12.4. The van der Waals surface area contributed by atoms with E-state index in [1.54, 1.807) is 0 Å².